The quantitative estimate of drug-likeness (QED) is 0.0669. The zero-order valence-corrected chi connectivity index (χ0v) is 28.6. The van der Waals surface area contributed by atoms with Gasteiger partial charge in [-0.2, -0.15) is 0 Å². The number of hydrogen-bond acceptors (Lipinski definition) is 3. The monoisotopic (exact) mass is 560 g/mol. The fraction of sp³-hybridized carbons (Fsp3) is 0.812. The van der Waals surface area contributed by atoms with Gasteiger partial charge in [-0.1, -0.05) is 167 Å². The van der Waals surface area contributed by atoms with Crippen LogP contribution < -0.4 is 51.4 Å². The van der Waals surface area contributed by atoms with E-state index in [1.807, 2.05) is 6.07 Å². The van der Waals surface area contributed by atoms with Gasteiger partial charge in [0.05, 0.1) is 4.90 Å². The Morgan fingerprint density at radius 2 is 0.865 bits per heavy atom. The number of benzene rings is 1. The zero-order valence-electron chi connectivity index (χ0n) is 24.6. The predicted molar refractivity (Wildman–Crippen MR) is 155 cm³/mol. The minimum atomic E-state index is -4.34. The maximum atomic E-state index is 11.1. The number of unbranched alkanes of at least 4 members (excludes halogenated alkanes) is 23. The molecule has 0 fully saturated rings. The molecular formula is C32H57KO3S. The van der Waals surface area contributed by atoms with Gasteiger partial charge in [-0.25, -0.2) is 8.42 Å². The molecule has 0 N–H and O–H groups in total. The van der Waals surface area contributed by atoms with Gasteiger partial charge in [-0.3, -0.25) is 0 Å². The molecule has 210 valence electrons. The summed E-state index contributed by atoms with van der Waals surface area (Å²) in [6.07, 6.45) is 34.1. The fourth-order valence-electron chi connectivity index (χ4n) is 5.15. The van der Waals surface area contributed by atoms with Gasteiger partial charge in [-0.15, -0.1) is 0 Å². The first-order chi connectivity index (χ1) is 17.5. The summed E-state index contributed by atoms with van der Waals surface area (Å²) in [6.45, 7) is 2.29. The molecule has 0 bridgehead atoms. The second kappa shape index (κ2) is 27.0. The standard InChI is InChI=1S/C32H58O3S.K/c1-2-3-4-5-6-7-8-9-10-11-12-13-14-15-16-17-18-19-20-21-22-23-24-25-27-31-28-26-29-32(30-31)36(33,34)35;/h26,28-30H,2-25,27H2,1H3,(H,33,34,35);/q;+1/p-1. The molecule has 0 saturated carbocycles. The SMILES string of the molecule is CCCCCCCCCCCCCCCCCCCCCCCCCCc1cccc(S(=O)(=O)[O-])c1.[K+]. The first-order valence-corrected chi connectivity index (χ1v) is 17.0. The normalized spacial score (nSPS) is 11.5. The van der Waals surface area contributed by atoms with E-state index in [1.54, 1.807) is 6.07 Å². The van der Waals surface area contributed by atoms with E-state index in [0.29, 0.717) is 0 Å². The van der Waals surface area contributed by atoms with Crippen molar-refractivity contribution in [2.75, 3.05) is 0 Å². The summed E-state index contributed by atoms with van der Waals surface area (Å²) in [5.41, 5.74) is 0.950. The Labute approximate surface area is 273 Å². The van der Waals surface area contributed by atoms with Crippen molar-refractivity contribution in [3.8, 4) is 0 Å². The van der Waals surface area contributed by atoms with Crippen LogP contribution in [-0.2, 0) is 16.5 Å². The van der Waals surface area contributed by atoms with Crippen LogP contribution in [-0.4, -0.2) is 13.0 Å². The Bertz CT molecular complexity index is 720. The topological polar surface area (TPSA) is 57.2 Å². The molecule has 0 aliphatic rings. The van der Waals surface area contributed by atoms with Crippen LogP contribution >= 0.6 is 0 Å². The molecule has 0 radical (unpaired) electrons. The molecule has 0 heterocycles. The first kappa shape index (κ1) is 37.8. The molecule has 0 atom stereocenters. The zero-order chi connectivity index (χ0) is 26.2. The summed E-state index contributed by atoms with van der Waals surface area (Å²) in [5.74, 6) is 0. The molecule has 1 aromatic rings. The van der Waals surface area contributed by atoms with Crippen molar-refractivity contribution in [1.29, 1.82) is 0 Å². The van der Waals surface area contributed by atoms with Crippen molar-refractivity contribution in [3.05, 3.63) is 29.8 Å². The summed E-state index contributed by atoms with van der Waals surface area (Å²) in [6, 6.07) is 6.49. The van der Waals surface area contributed by atoms with Crippen LogP contribution in [0.2, 0.25) is 0 Å². The molecule has 0 unspecified atom stereocenters. The second-order valence-corrected chi connectivity index (χ2v) is 12.4. The first-order valence-electron chi connectivity index (χ1n) is 15.6. The maximum absolute atomic E-state index is 11.1. The van der Waals surface area contributed by atoms with Crippen LogP contribution in [0.3, 0.4) is 0 Å². The van der Waals surface area contributed by atoms with Gasteiger partial charge in [0.1, 0.15) is 10.1 Å². The molecule has 0 spiro atoms. The molecular weight excluding hydrogens is 504 g/mol. The average molecular weight is 561 g/mol. The number of rotatable bonds is 26. The van der Waals surface area contributed by atoms with Crippen LogP contribution in [0.5, 0.6) is 0 Å². The Morgan fingerprint density at radius 1 is 0.541 bits per heavy atom. The van der Waals surface area contributed by atoms with E-state index in [9.17, 15) is 13.0 Å². The van der Waals surface area contributed by atoms with E-state index < -0.39 is 10.1 Å². The van der Waals surface area contributed by atoms with Crippen LogP contribution in [0.25, 0.3) is 0 Å². The molecule has 3 nitrogen and oxygen atoms in total. The van der Waals surface area contributed by atoms with Gasteiger partial charge in [0.25, 0.3) is 0 Å². The Kier molecular flexibility index (Phi) is 27.5. The predicted octanol–water partition coefficient (Wildman–Crippen LogP) is 7.52. The van der Waals surface area contributed by atoms with E-state index >= 15 is 0 Å². The second-order valence-electron chi connectivity index (χ2n) is 11.0. The molecule has 1 rings (SSSR count). The Hall–Kier alpha value is 0.766. The minimum Gasteiger partial charge on any atom is -0.744 e. The van der Waals surface area contributed by atoms with Crippen molar-refractivity contribution in [2.45, 2.75) is 172 Å². The van der Waals surface area contributed by atoms with Gasteiger partial charge in [-0.05, 0) is 30.5 Å². The van der Waals surface area contributed by atoms with Crippen LogP contribution in [0.15, 0.2) is 29.2 Å². The molecule has 1 aromatic carbocycles. The molecule has 0 amide bonds. The van der Waals surface area contributed by atoms with Crippen LogP contribution in [0.1, 0.15) is 167 Å². The third kappa shape index (κ3) is 24.3. The third-order valence-electron chi connectivity index (χ3n) is 7.51. The smallest absolute Gasteiger partial charge is 0.744 e. The average Bonchev–Trinajstić information content (AvgIpc) is 2.86. The van der Waals surface area contributed by atoms with Crippen LogP contribution in [0, 0.1) is 0 Å². The summed E-state index contributed by atoms with van der Waals surface area (Å²) >= 11 is 0. The summed E-state index contributed by atoms with van der Waals surface area (Å²) in [5, 5.41) is 0. The summed E-state index contributed by atoms with van der Waals surface area (Å²) in [7, 11) is -4.34. The van der Waals surface area contributed by atoms with E-state index in [4.69, 9.17) is 0 Å². The summed E-state index contributed by atoms with van der Waals surface area (Å²) < 4.78 is 33.3. The third-order valence-corrected chi connectivity index (χ3v) is 8.34. The molecule has 0 aliphatic carbocycles. The number of hydrogen-bond donors (Lipinski definition) is 0. The van der Waals surface area contributed by atoms with Gasteiger partial charge >= 0.3 is 51.4 Å². The molecule has 5 heteroatoms. The largest absolute Gasteiger partial charge is 1.00 e. The van der Waals surface area contributed by atoms with E-state index in [1.165, 1.54) is 160 Å². The van der Waals surface area contributed by atoms with Crippen molar-refractivity contribution < 1.29 is 64.4 Å². The van der Waals surface area contributed by atoms with Gasteiger partial charge < -0.3 is 4.55 Å². The van der Waals surface area contributed by atoms with E-state index in [2.05, 4.69) is 6.92 Å². The van der Waals surface area contributed by atoms with E-state index in [0.717, 1.165) is 18.4 Å². The van der Waals surface area contributed by atoms with Crippen molar-refractivity contribution in [3.63, 3.8) is 0 Å². The summed E-state index contributed by atoms with van der Waals surface area (Å²) in [4.78, 5) is -0.107. The van der Waals surface area contributed by atoms with Crippen molar-refractivity contribution >= 4 is 10.1 Å². The van der Waals surface area contributed by atoms with Crippen molar-refractivity contribution in [1.82, 2.24) is 0 Å². The maximum Gasteiger partial charge on any atom is 1.00 e. The van der Waals surface area contributed by atoms with Crippen LogP contribution in [0.4, 0.5) is 0 Å². The molecule has 0 aliphatic heterocycles. The number of aryl methyl sites for hydroxylation is 1. The van der Waals surface area contributed by atoms with Gasteiger partial charge in [0.15, 0.2) is 0 Å². The Balaban J connectivity index is 0.0000130. The van der Waals surface area contributed by atoms with Gasteiger partial charge in [0, 0.05) is 0 Å². The minimum absolute atomic E-state index is 0. The molecule has 0 saturated heterocycles. The molecule has 37 heavy (non-hydrogen) atoms. The fourth-order valence-corrected chi connectivity index (χ4v) is 5.69. The van der Waals surface area contributed by atoms with Gasteiger partial charge in [0.2, 0.25) is 0 Å². The Morgan fingerprint density at radius 3 is 1.19 bits per heavy atom. The molecule has 0 aromatic heterocycles. The van der Waals surface area contributed by atoms with Crippen molar-refractivity contribution in [2.24, 2.45) is 0 Å². The van der Waals surface area contributed by atoms with E-state index in [-0.39, 0.29) is 56.3 Å².